The molecule has 1 heterocycles. The zero-order valence-electron chi connectivity index (χ0n) is 22.0. The first-order valence-corrected chi connectivity index (χ1v) is 12.3. The molecule has 3 N–H and O–H groups in total. The van der Waals surface area contributed by atoms with Crippen LogP contribution in [0, 0.1) is 11.6 Å². The lowest BCUT2D eigenvalue weighted by atomic mass is 9.87. The number of rotatable bonds is 7. The van der Waals surface area contributed by atoms with E-state index in [1.165, 1.54) is 0 Å². The van der Waals surface area contributed by atoms with Gasteiger partial charge in [-0.15, -0.1) is 0 Å². The van der Waals surface area contributed by atoms with Gasteiger partial charge in [-0.3, -0.25) is 19.0 Å². The first-order chi connectivity index (χ1) is 18.8. The smallest absolute Gasteiger partial charge is 0.322 e. The van der Waals surface area contributed by atoms with Crippen LogP contribution in [0.4, 0.5) is 8.78 Å². The lowest BCUT2D eigenvalue weighted by molar-refractivity contribution is -0.135. The maximum absolute atomic E-state index is 14.1. The van der Waals surface area contributed by atoms with Crippen molar-refractivity contribution in [2.75, 3.05) is 6.54 Å². The third kappa shape index (κ3) is 6.06. The van der Waals surface area contributed by atoms with Gasteiger partial charge in [0.05, 0.1) is 6.54 Å². The molecule has 4 aromatic rings. The molecule has 0 aliphatic carbocycles. The number of carboxylic acid groups (broad SMARTS) is 1. The lowest BCUT2D eigenvalue weighted by Crippen LogP contribution is -2.37. The van der Waals surface area contributed by atoms with E-state index >= 15 is 0 Å². The lowest BCUT2D eigenvalue weighted by Gasteiger charge is -2.20. The Bertz CT molecular complexity index is 1640. The molecule has 3 aromatic carbocycles. The van der Waals surface area contributed by atoms with Crippen molar-refractivity contribution in [3.63, 3.8) is 0 Å². The summed E-state index contributed by atoms with van der Waals surface area (Å²) in [4.78, 5) is 41.5. The minimum Gasteiger partial charge on any atom is -0.493 e. The van der Waals surface area contributed by atoms with Gasteiger partial charge in [0.25, 0.3) is 11.5 Å². The van der Waals surface area contributed by atoms with E-state index in [9.17, 15) is 28.3 Å². The number of hydrogen-bond donors (Lipinski definition) is 3. The van der Waals surface area contributed by atoms with Crippen molar-refractivity contribution in [3.8, 4) is 28.4 Å². The molecule has 1 aromatic heterocycles. The average Bonchev–Trinajstić information content (AvgIpc) is 2.88. The number of carboxylic acids is 1. The minimum absolute atomic E-state index is 0.0579. The first kappa shape index (κ1) is 28.2. The van der Waals surface area contributed by atoms with Crippen LogP contribution in [-0.4, -0.2) is 38.2 Å². The van der Waals surface area contributed by atoms with Crippen molar-refractivity contribution in [3.05, 3.63) is 105 Å². The van der Waals surface area contributed by atoms with Crippen LogP contribution in [0.1, 0.15) is 42.3 Å². The van der Waals surface area contributed by atoms with E-state index in [-0.39, 0.29) is 28.9 Å². The van der Waals surface area contributed by atoms with Gasteiger partial charge >= 0.3 is 5.97 Å². The minimum atomic E-state index is -1.34. The van der Waals surface area contributed by atoms with Crippen molar-refractivity contribution in [1.82, 2.24) is 14.9 Å². The summed E-state index contributed by atoms with van der Waals surface area (Å²) in [6.45, 7) is 5.33. The Labute approximate surface area is 228 Å². The van der Waals surface area contributed by atoms with Gasteiger partial charge in [-0.05, 0) is 39.8 Å². The Morgan fingerprint density at radius 3 is 2.12 bits per heavy atom. The van der Waals surface area contributed by atoms with Crippen molar-refractivity contribution in [2.24, 2.45) is 0 Å². The van der Waals surface area contributed by atoms with Crippen LogP contribution in [0.3, 0.4) is 0 Å². The van der Waals surface area contributed by atoms with Crippen LogP contribution in [-0.2, 0) is 16.8 Å². The number of halogens is 2. The summed E-state index contributed by atoms with van der Waals surface area (Å²) in [6.07, 6.45) is 0. The quantitative estimate of drug-likeness (QED) is 0.308. The summed E-state index contributed by atoms with van der Waals surface area (Å²) < 4.78 is 29.3. The summed E-state index contributed by atoms with van der Waals surface area (Å²) in [5.74, 6) is -5.03. The molecule has 206 valence electrons. The van der Waals surface area contributed by atoms with Crippen LogP contribution in [0.15, 0.2) is 71.5 Å². The molecule has 0 radical (unpaired) electrons. The Kier molecular flexibility index (Phi) is 7.81. The summed E-state index contributed by atoms with van der Waals surface area (Å²) in [5, 5.41) is 21.7. The topological polar surface area (TPSA) is 122 Å². The number of aliphatic carboxylic acids is 1. The molecule has 10 heteroatoms. The molecule has 8 nitrogen and oxygen atoms in total. The van der Waals surface area contributed by atoms with Crippen molar-refractivity contribution in [1.29, 1.82) is 0 Å². The number of amides is 1. The summed E-state index contributed by atoms with van der Waals surface area (Å²) in [5.41, 5.74) is 0.725. The Balaban J connectivity index is 1.93. The number of carbonyl (C=O) groups is 2. The van der Waals surface area contributed by atoms with Crippen LogP contribution in [0.25, 0.3) is 22.5 Å². The molecule has 0 fully saturated rings. The fraction of sp³-hybridized carbons (Fsp3) is 0.200. The van der Waals surface area contributed by atoms with Gasteiger partial charge < -0.3 is 15.5 Å². The van der Waals surface area contributed by atoms with Crippen LogP contribution >= 0.6 is 0 Å². The summed E-state index contributed by atoms with van der Waals surface area (Å²) in [6, 6.07) is 16.9. The largest absolute Gasteiger partial charge is 0.493 e. The van der Waals surface area contributed by atoms with Crippen LogP contribution < -0.4 is 10.9 Å². The molecule has 0 atom stereocenters. The van der Waals surface area contributed by atoms with Gasteiger partial charge in [-0.25, -0.2) is 8.78 Å². The second-order valence-electron chi connectivity index (χ2n) is 10.3. The average molecular weight is 548 g/mol. The molecular weight excluding hydrogens is 520 g/mol. The van der Waals surface area contributed by atoms with Crippen molar-refractivity contribution < 1.29 is 28.6 Å². The summed E-state index contributed by atoms with van der Waals surface area (Å²) >= 11 is 0. The zero-order chi connectivity index (χ0) is 29.2. The van der Waals surface area contributed by atoms with Crippen LogP contribution in [0.5, 0.6) is 5.88 Å². The molecule has 0 unspecified atom stereocenters. The normalized spacial score (nSPS) is 11.3. The van der Waals surface area contributed by atoms with Gasteiger partial charge in [0.15, 0.2) is 5.56 Å². The molecule has 0 spiro atoms. The SMILES string of the molecule is CC(C)(C)c1ccc(Cn2c(-c3ccccc3-c3cc(F)cc(F)c3)nc(O)c(C(=O)NCC(=O)O)c2=O)cc1. The number of aromatic hydroxyl groups is 1. The number of benzene rings is 3. The number of carbonyl (C=O) groups excluding carboxylic acids is 1. The number of nitrogens with zero attached hydrogens (tertiary/aromatic N) is 2. The van der Waals surface area contributed by atoms with E-state index < -0.39 is 47.1 Å². The Morgan fingerprint density at radius 2 is 1.55 bits per heavy atom. The van der Waals surface area contributed by atoms with Gasteiger partial charge in [-0.2, -0.15) is 4.98 Å². The standard InChI is InChI=1S/C30H27F2N3O5/c1-30(2,3)19-10-8-17(9-11-19)16-35-26(34-28(39)25(29(35)40)27(38)33-15-24(36)37)23-7-5-4-6-22(23)18-12-20(31)14-21(32)13-18/h4-14,39H,15-16H2,1-3H3,(H,33,38)(H,36,37). The fourth-order valence-electron chi connectivity index (χ4n) is 4.27. The monoisotopic (exact) mass is 547 g/mol. The van der Waals surface area contributed by atoms with Gasteiger partial charge in [0, 0.05) is 11.6 Å². The number of hydrogen-bond acceptors (Lipinski definition) is 5. The molecule has 40 heavy (non-hydrogen) atoms. The maximum atomic E-state index is 14.1. The van der Waals surface area contributed by atoms with Crippen molar-refractivity contribution in [2.45, 2.75) is 32.7 Å². The van der Waals surface area contributed by atoms with Crippen molar-refractivity contribution >= 4 is 11.9 Å². The summed E-state index contributed by atoms with van der Waals surface area (Å²) in [7, 11) is 0. The van der Waals surface area contributed by atoms with E-state index in [0.29, 0.717) is 11.1 Å². The third-order valence-electron chi connectivity index (χ3n) is 6.28. The molecule has 4 rings (SSSR count). The highest BCUT2D eigenvalue weighted by Crippen LogP contribution is 2.33. The predicted molar refractivity (Wildman–Crippen MR) is 145 cm³/mol. The van der Waals surface area contributed by atoms with E-state index in [2.05, 4.69) is 31.1 Å². The second-order valence-corrected chi connectivity index (χ2v) is 10.3. The number of aromatic nitrogens is 2. The fourth-order valence-corrected chi connectivity index (χ4v) is 4.27. The highest BCUT2D eigenvalue weighted by Gasteiger charge is 2.25. The molecule has 0 bridgehead atoms. The Morgan fingerprint density at radius 1 is 0.950 bits per heavy atom. The first-order valence-electron chi connectivity index (χ1n) is 12.3. The van der Waals surface area contributed by atoms with E-state index in [1.807, 2.05) is 24.3 Å². The number of nitrogens with one attached hydrogen (secondary N) is 1. The predicted octanol–water partition coefficient (Wildman–Crippen LogP) is 4.72. The van der Waals surface area contributed by atoms with Gasteiger partial charge in [-0.1, -0.05) is 69.3 Å². The molecule has 0 aliphatic rings. The molecule has 0 aliphatic heterocycles. The van der Waals surface area contributed by atoms with E-state index in [1.54, 1.807) is 24.3 Å². The molecule has 0 saturated heterocycles. The van der Waals surface area contributed by atoms with Gasteiger partial charge in [0.2, 0.25) is 5.88 Å². The Hall–Kier alpha value is -4.86. The molecule has 0 saturated carbocycles. The van der Waals surface area contributed by atoms with Crippen LogP contribution in [0.2, 0.25) is 0 Å². The van der Waals surface area contributed by atoms with E-state index in [0.717, 1.165) is 28.3 Å². The molecule has 1 amide bonds. The van der Waals surface area contributed by atoms with E-state index in [4.69, 9.17) is 5.11 Å². The highest BCUT2D eigenvalue weighted by molar-refractivity contribution is 5.97. The van der Waals surface area contributed by atoms with Gasteiger partial charge in [0.1, 0.15) is 24.0 Å². The molecular formula is C30H27F2N3O5. The maximum Gasteiger partial charge on any atom is 0.322 e. The second kappa shape index (κ2) is 11.1. The zero-order valence-corrected chi connectivity index (χ0v) is 22.0. The third-order valence-corrected chi connectivity index (χ3v) is 6.28. The highest BCUT2D eigenvalue weighted by atomic mass is 19.1.